The number of nitrogens with zero attached hydrogens (tertiary/aromatic N) is 5. The first kappa shape index (κ1) is 33.0. The van der Waals surface area contributed by atoms with Crippen molar-refractivity contribution < 1.29 is 26.9 Å². The van der Waals surface area contributed by atoms with Crippen LogP contribution in [0.5, 0.6) is 0 Å². The molecule has 0 spiro atoms. The van der Waals surface area contributed by atoms with Crippen LogP contribution in [0.25, 0.3) is 22.3 Å². The Bertz CT molecular complexity index is 1950. The molecule has 48 heavy (non-hydrogen) atoms. The van der Waals surface area contributed by atoms with Gasteiger partial charge in [-0.25, -0.2) is 9.97 Å². The summed E-state index contributed by atoms with van der Waals surface area (Å²) in [7, 11) is -3.61. The number of fused-ring (bicyclic) bond motifs is 1. The maximum absolute atomic E-state index is 13.1. The van der Waals surface area contributed by atoms with Crippen molar-refractivity contribution in [3.63, 3.8) is 0 Å². The van der Waals surface area contributed by atoms with Gasteiger partial charge < -0.3 is 25.3 Å². The number of carbonyl (C=O) groups is 2. The van der Waals surface area contributed by atoms with Crippen LogP contribution in [0.1, 0.15) is 28.9 Å². The highest BCUT2D eigenvalue weighted by Crippen LogP contribution is 2.30. The maximum atomic E-state index is 13.1. The minimum atomic E-state index is -3.61. The lowest BCUT2D eigenvalue weighted by Gasteiger charge is -2.32. The molecule has 1 aromatic carbocycles. The van der Waals surface area contributed by atoms with Crippen molar-refractivity contribution in [2.24, 2.45) is 0 Å². The molecule has 0 saturated carbocycles. The molecule has 14 nitrogen and oxygen atoms in total. The molecule has 2 aliphatic rings. The Labute approximate surface area is 278 Å². The number of pyridine rings is 1. The van der Waals surface area contributed by atoms with Crippen molar-refractivity contribution in [1.29, 1.82) is 0 Å². The van der Waals surface area contributed by atoms with Crippen molar-refractivity contribution in [1.82, 2.24) is 30.2 Å². The highest BCUT2D eigenvalue weighted by Gasteiger charge is 2.22. The van der Waals surface area contributed by atoms with Crippen LogP contribution >= 0.6 is 0 Å². The first-order valence-electron chi connectivity index (χ1n) is 15.6. The van der Waals surface area contributed by atoms with Crippen LogP contribution in [0.3, 0.4) is 0 Å². The Kier molecular flexibility index (Phi) is 10.3. The number of hydrogen-bond acceptors (Lipinski definition) is 11. The molecule has 250 valence electrons. The molecule has 5 heterocycles. The third-order valence-electron chi connectivity index (χ3n) is 8.02. The Morgan fingerprint density at radius 1 is 1.08 bits per heavy atom. The number of rotatable bonds is 9. The van der Waals surface area contributed by atoms with E-state index < -0.39 is 16.0 Å². The Morgan fingerprint density at radius 3 is 2.69 bits per heavy atom. The number of carbonyl (C=O) groups excluding carboxylic acids is 2. The second-order valence-corrected chi connectivity index (χ2v) is 13.3. The summed E-state index contributed by atoms with van der Waals surface area (Å²) in [6.07, 6.45) is 5.80. The van der Waals surface area contributed by atoms with Crippen LogP contribution in [0.4, 0.5) is 11.5 Å². The van der Waals surface area contributed by atoms with E-state index in [1.165, 1.54) is 0 Å². The van der Waals surface area contributed by atoms with E-state index in [2.05, 4.69) is 62.5 Å². The maximum Gasteiger partial charge on any atom is 0.296 e. The minimum absolute atomic E-state index is 0.104. The van der Waals surface area contributed by atoms with Crippen molar-refractivity contribution in [2.45, 2.75) is 25.4 Å². The van der Waals surface area contributed by atoms with E-state index in [0.29, 0.717) is 37.7 Å². The van der Waals surface area contributed by atoms with Crippen LogP contribution in [0.2, 0.25) is 0 Å². The van der Waals surface area contributed by atoms with Crippen LogP contribution in [-0.4, -0.2) is 103 Å². The van der Waals surface area contributed by atoms with Crippen molar-refractivity contribution in [3.8, 4) is 23.1 Å². The standard InChI is InChI=1S/C33H36N8O6S/c1-48(44,45)47-15-3-5-30(42)37-26-4-2-12-40(21-26)20-23-10-11-34-29(18-23)33(43)38-25-8-6-24(7-9-25)28-19-27-31(39-28)35-22-36-32(27)41-13-16-46-17-14-41/h6-11,18-19,22,26H,2,4,12-17,20-21H2,1H3,(H,37,42)(H,38,43)(H,35,36,39)/t26-/m1/s1. The zero-order valence-corrected chi connectivity index (χ0v) is 27.3. The zero-order chi connectivity index (χ0) is 33.5. The van der Waals surface area contributed by atoms with Crippen LogP contribution in [0, 0.1) is 11.8 Å². The quantitative estimate of drug-likeness (QED) is 0.176. The molecule has 15 heteroatoms. The van der Waals surface area contributed by atoms with Crippen LogP contribution in [-0.2, 0) is 30.4 Å². The average Bonchev–Trinajstić information content (AvgIpc) is 3.52. The van der Waals surface area contributed by atoms with E-state index in [4.69, 9.17) is 4.74 Å². The third kappa shape index (κ3) is 8.72. The predicted molar refractivity (Wildman–Crippen MR) is 180 cm³/mol. The Hall–Kier alpha value is -4.88. The topological polar surface area (TPSA) is 172 Å². The monoisotopic (exact) mass is 672 g/mol. The predicted octanol–water partition coefficient (Wildman–Crippen LogP) is 2.17. The summed E-state index contributed by atoms with van der Waals surface area (Å²) in [5.41, 5.74) is 4.48. The summed E-state index contributed by atoms with van der Waals surface area (Å²) in [5.74, 6) is 4.86. The van der Waals surface area contributed by atoms with Gasteiger partial charge in [0.25, 0.3) is 21.9 Å². The number of aromatic nitrogens is 4. The highest BCUT2D eigenvalue weighted by molar-refractivity contribution is 7.86. The van der Waals surface area contributed by atoms with Gasteiger partial charge in [0.15, 0.2) is 0 Å². The summed E-state index contributed by atoms with van der Waals surface area (Å²) >= 11 is 0. The van der Waals surface area contributed by atoms with Gasteiger partial charge >= 0.3 is 0 Å². The number of amides is 2. The molecule has 4 aromatic rings. The lowest BCUT2D eigenvalue weighted by molar-refractivity contribution is -0.116. The smallest absolute Gasteiger partial charge is 0.296 e. The van der Waals surface area contributed by atoms with E-state index in [9.17, 15) is 18.0 Å². The van der Waals surface area contributed by atoms with Gasteiger partial charge in [-0.1, -0.05) is 18.1 Å². The second kappa shape index (κ2) is 14.9. The number of morpholine rings is 1. The second-order valence-electron chi connectivity index (χ2n) is 11.6. The van der Waals surface area contributed by atoms with E-state index in [1.54, 1.807) is 18.6 Å². The van der Waals surface area contributed by atoms with E-state index >= 15 is 0 Å². The van der Waals surface area contributed by atoms with Gasteiger partial charge in [-0.05, 0) is 66.8 Å². The number of aromatic amines is 1. The Morgan fingerprint density at radius 2 is 1.90 bits per heavy atom. The van der Waals surface area contributed by atoms with E-state index in [1.807, 2.05) is 30.3 Å². The normalized spacial score (nSPS) is 17.0. The molecule has 2 aliphatic heterocycles. The number of ether oxygens (including phenoxy) is 1. The van der Waals surface area contributed by atoms with Gasteiger partial charge in [0, 0.05) is 49.8 Å². The van der Waals surface area contributed by atoms with Gasteiger partial charge in [0.05, 0.1) is 24.9 Å². The van der Waals surface area contributed by atoms with Crippen LogP contribution in [0.15, 0.2) is 55.0 Å². The summed E-state index contributed by atoms with van der Waals surface area (Å²) in [5, 5.41) is 6.76. The third-order valence-corrected chi connectivity index (χ3v) is 8.57. The van der Waals surface area contributed by atoms with Gasteiger partial charge in [-0.3, -0.25) is 23.7 Å². The lowest BCUT2D eigenvalue weighted by Crippen LogP contribution is -2.47. The van der Waals surface area contributed by atoms with Crippen molar-refractivity contribution in [3.05, 3.63) is 66.2 Å². The van der Waals surface area contributed by atoms with Gasteiger partial charge in [0.1, 0.15) is 30.1 Å². The van der Waals surface area contributed by atoms with Gasteiger partial charge in [-0.15, -0.1) is 0 Å². The van der Waals surface area contributed by atoms with Crippen molar-refractivity contribution >= 4 is 44.5 Å². The number of benzene rings is 1. The first-order chi connectivity index (χ1) is 23.2. The number of likely N-dealkylation sites (tertiary alicyclic amines) is 1. The molecule has 1 atom stereocenters. The highest BCUT2D eigenvalue weighted by atomic mass is 32.2. The molecule has 6 rings (SSSR count). The van der Waals surface area contributed by atoms with Crippen LogP contribution < -0.4 is 15.5 Å². The largest absolute Gasteiger partial charge is 0.378 e. The van der Waals surface area contributed by atoms with E-state index in [0.717, 1.165) is 72.4 Å². The molecule has 0 aliphatic carbocycles. The minimum Gasteiger partial charge on any atom is -0.378 e. The fourth-order valence-electron chi connectivity index (χ4n) is 5.78. The Balaban J connectivity index is 1.04. The molecule has 2 saturated heterocycles. The lowest BCUT2D eigenvalue weighted by atomic mass is 10.0. The first-order valence-corrected chi connectivity index (χ1v) is 17.4. The molecular weight excluding hydrogens is 636 g/mol. The fourth-order valence-corrected chi connectivity index (χ4v) is 6.06. The molecule has 3 N–H and O–H groups in total. The number of anilines is 2. The molecular formula is C33H36N8O6S. The summed E-state index contributed by atoms with van der Waals surface area (Å²) in [6.45, 7) is 4.57. The number of piperidine rings is 1. The molecule has 2 fully saturated rings. The zero-order valence-electron chi connectivity index (χ0n) is 26.4. The van der Waals surface area contributed by atoms with E-state index in [-0.39, 0.29) is 18.6 Å². The molecule has 3 aromatic heterocycles. The van der Waals surface area contributed by atoms with Gasteiger partial charge in [-0.2, -0.15) is 8.42 Å². The summed E-state index contributed by atoms with van der Waals surface area (Å²) < 4.78 is 32.0. The average molecular weight is 673 g/mol. The number of H-pyrrole nitrogens is 1. The fraction of sp³-hybridized carbons (Fsp3) is 0.364. The summed E-state index contributed by atoms with van der Waals surface area (Å²) in [6, 6.07) is 13.2. The van der Waals surface area contributed by atoms with Gasteiger partial charge in [0.2, 0.25) is 0 Å². The molecule has 0 unspecified atom stereocenters. The molecule has 2 amide bonds. The van der Waals surface area contributed by atoms with Crippen molar-refractivity contribution in [2.75, 3.05) is 62.5 Å². The number of nitrogens with one attached hydrogen (secondary N) is 3. The SMILES string of the molecule is CS(=O)(=O)OCC#CC(=O)N[C@@H]1CCCN(Cc2ccnc(C(=O)Nc3ccc(-c4cc5c(N6CCOCC6)ncnc5[nH]4)cc3)c2)C1. The number of hydrogen-bond donors (Lipinski definition) is 3. The molecule has 0 radical (unpaired) electrons. The summed E-state index contributed by atoms with van der Waals surface area (Å²) in [4.78, 5) is 46.3. The molecule has 0 bridgehead atoms.